The highest BCUT2D eigenvalue weighted by Crippen LogP contribution is 2.27. The summed E-state index contributed by atoms with van der Waals surface area (Å²) in [4.78, 5) is 22.9. The van der Waals surface area contributed by atoms with Crippen LogP contribution in [0.15, 0.2) is 54.6 Å². The Labute approximate surface area is 169 Å². The predicted octanol–water partition coefficient (Wildman–Crippen LogP) is 4.61. The Morgan fingerprint density at radius 1 is 1.14 bits per heavy atom. The average molecular weight is 397 g/mol. The SMILES string of the molecule is COC(=O)c1ccc(Cl)c(Nc2cc(C)nc(N(C)Cc3ccccc3)n2)c1. The van der Waals surface area contributed by atoms with Crippen LogP contribution in [0.4, 0.5) is 17.5 Å². The highest BCUT2D eigenvalue weighted by atomic mass is 35.5. The third-order valence-corrected chi connectivity index (χ3v) is 4.43. The number of carbonyl (C=O) groups is 1. The fourth-order valence-electron chi connectivity index (χ4n) is 2.72. The van der Waals surface area contributed by atoms with Crippen molar-refractivity contribution in [1.29, 1.82) is 0 Å². The molecule has 3 rings (SSSR count). The maximum atomic E-state index is 11.8. The smallest absolute Gasteiger partial charge is 0.337 e. The molecule has 1 heterocycles. The summed E-state index contributed by atoms with van der Waals surface area (Å²) in [5.74, 6) is 0.750. The molecule has 0 amide bonds. The van der Waals surface area contributed by atoms with Gasteiger partial charge in [-0.3, -0.25) is 0 Å². The molecule has 0 spiro atoms. The minimum Gasteiger partial charge on any atom is -0.465 e. The van der Waals surface area contributed by atoms with Crippen molar-refractivity contribution in [1.82, 2.24) is 9.97 Å². The molecule has 0 fully saturated rings. The van der Waals surface area contributed by atoms with Gasteiger partial charge < -0.3 is 15.0 Å². The number of esters is 1. The van der Waals surface area contributed by atoms with Crippen LogP contribution in [0.2, 0.25) is 5.02 Å². The number of nitrogens with one attached hydrogen (secondary N) is 1. The molecular formula is C21H21ClN4O2. The molecule has 0 aliphatic rings. The lowest BCUT2D eigenvalue weighted by Gasteiger charge is -2.19. The number of hydrogen-bond donors (Lipinski definition) is 1. The van der Waals surface area contributed by atoms with Gasteiger partial charge in [0.1, 0.15) is 5.82 Å². The van der Waals surface area contributed by atoms with Crippen LogP contribution in [0.25, 0.3) is 0 Å². The Bertz CT molecular complexity index is 979. The predicted molar refractivity (Wildman–Crippen MR) is 111 cm³/mol. The second-order valence-corrected chi connectivity index (χ2v) is 6.75. The van der Waals surface area contributed by atoms with Crippen LogP contribution in [0, 0.1) is 6.92 Å². The Morgan fingerprint density at radius 2 is 1.89 bits per heavy atom. The summed E-state index contributed by atoms with van der Waals surface area (Å²) in [6, 6.07) is 16.8. The van der Waals surface area contributed by atoms with E-state index < -0.39 is 5.97 Å². The highest BCUT2D eigenvalue weighted by Gasteiger charge is 2.12. The maximum absolute atomic E-state index is 11.8. The second-order valence-electron chi connectivity index (χ2n) is 6.35. The van der Waals surface area contributed by atoms with E-state index in [-0.39, 0.29) is 0 Å². The van der Waals surface area contributed by atoms with Crippen molar-refractivity contribution in [3.8, 4) is 0 Å². The van der Waals surface area contributed by atoms with E-state index in [2.05, 4.69) is 27.4 Å². The van der Waals surface area contributed by atoms with Crippen LogP contribution in [-0.2, 0) is 11.3 Å². The number of aryl methyl sites for hydroxylation is 1. The number of carbonyl (C=O) groups excluding carboxylic acids is 1. The van der Waals surface area contributed by atoms with Gasteiger partial charge in [0.2, 0.25) is 5.95 Å². The molecule has 0 atom stereocenters. The zero-order valence-corrected chi connectivity index (χ0v) is 16.7. The van der Waals surface area contributed by atoms with Crippen molar-refractivity contribution in [2.45, 2.75) is 13.5 Å². The molecule has 144 valence electrons. The standard InChI is InChI=1S/C21H21ClN4O2/c1-14-11-19(24-18-12-16(20(27)28-3)9-10-17(18)22)25-21(23-14)26(2)13-15-7-5-4-6-8-15/h4-12H,13H2,1-3H3,(H,23,24,25). The molecule has 3 aromatic rings. The first-order valence-electron chi connectivity index (χ1n) is 8.72. The van der Waals surface area contributed by atoms with Crippen molar-refractivity contribution in [3.63, 3.8) is 0 Å². The van der Waals surface area contributed by atoms with E-state index in [1.54, 1.807) is 18.2 Å². The molecule has 0 saturated carbocycles. The molecule has 6 nitrogen and oxygen atoms in total. The van der Waals surface area contributed by atoms with E-state index in [1.165, 1.54) is 12.7 Å². The number of nitrogens with zero attached hydrogens (tertiary/aromatic N) is 3. The van der Waals surface area contributed by atoms with Gasteiger partial charge in [0.25, 0.3) is 0 Å². The van der Waals surface area contributed by atoms with Gasteiger partial charge in [-0.05, 0) is 30.7 Å². The number of rotatable bonds is 6. The van der Waals surface area contributed by atoms with Crippen LogP contribution < -0.4 is 10.2 Å². The molecule has 0 aliphatic heterocycles. The van der Waals surface area contributed by atoms with Gasteiger partial charge in [-0.1, -0.05) is 41.9 Å². The van der Waals surface area contributed by atoms with Gasteiger partial charge in [0.15, 0.2) is 0 Å². The number of hydrogen-bond acceptors (Lipinski definition) is 6. The zero-order valence-electron chi connectivity index (χ0n) is 15.9. The Morgan fingerprint density at radius 3 is 2.61 bits per heavy atom. The topological polar surface area (TPSA) is 67.3 Å². The highest BCUT2D eigenvalue weighted by molar-refractivity contribution is 6.33. The first kappa shape index (κ1) is 19.6. The summed E-state index contributed by atoms with van der Waals surface area (Å²) in [5, 5.41) is 3.65. The fourth-order valence-corrected chi connectivity index (χ4v) is 2.88. The molecule has 1 aromatic heterocycles. The van der Waals surface area contributed by atoms with Gasteiger partial charge in [-0.25, -0.2) is 9.78 Å². The lowest BCUT2D eigenvalue weighted by atomic mass is 10.2. The number of ether oxygens (including phenoxy) is 1. The summed E-state index contributed by atoms with van der Waals surface area (Å²) < 4.78 is 4.77. The van der Waals surface area contributed by atoms with Gasteiger partial charge in [-0.2, -0.15) is 4.98 Å². The number of methoxy groups -OCH3 is 1. The maximum Gasteiger partial charge on any atom is 0.337 e. The lowest BCUT2D eigenvalue weighted by molar-refractivity contribution is 0.0601. The van der Waals surface area contributed by atoms with E-state index in [0.717, 1.165) is 5.69 Å². The van der Waals surface area contributed by atoms with E-state index in [0.29, 0.717) is 34.6 Å². The minimum absolute atomic E-state index is 0.404. The minimum atomic E-state index is -0.429. The fraction of sp³-hybridized carbons (Fsp3) is 0.190. The van der Waals surface area contributed by atoms with Crippen LogP contribution in [-0.4, -0.2) is 30.1 Å². The molecule has 0 bridgehead atoms. The molecule has 2 aromatic carbocycles. The molecule has 0 radical (unpaired) electrons. The number of aromatic nitrogens is 2. The van der Waals surface area contributed by atoms with E-state index >= 15 is 0 Å². The summed E-state index contributed by atoms with van der Waals surface area (Å²) in [5.41, 5.74) is 2.95. The van der Waals surface area contributed by atoms with Crippen molar-refractivity contribution >= 4 is 35.0 Å². The number of halogens is 1. The molecule has 1 N–H and O–H groups in total. The largest absolute Gasteiger partial charge is 0.465 e. The van der Waals surface area contributed by atoms with Gasteiger partial charge in [-0.15, -0.1) is 0 Å². The number of anilines is 3. The van der Waals surface area contributed by atoms with Gasteiger partial charge >= 0.3 is 5.97 Å². The molecule has 0 saturated heterocycles. The Hall–Kier alpha value is -3.12. The molecule has 28 heavy (non-hydrogen) atoms. The Kier molecular flexibility index (Phi) is 6.11. The van der Waals surface area contributed by atoms with Crippen molar-refractivity contribution < 1.29 is 9.53 Å². The summed E-state index contributed by atoms with van der Waals surface area (Å²) in [6.07, 6.45) is 0. The third-order valence-electron chi connectivity index (χ3n) is 4.10. The van der Waals surface area contributed by atoms with E-state index in [1.807, 2.05) is 43.1 Å². The number of benzene rings is 2. The van der Waals surface area contributed by atoms with Crippen molar-refractivity contribution in [3.05, 3.63) is 76.4 Å². The normalized spacial score (nSPS) is 10.4. The van der Waals surface area contributed by atoms with E-state index in [4.69, 9.17) is 16.3 Å². The van der Waals surface area contributed by atoms with E-state index in [9.17, 15) is 4.79 Å². The monoisotopic (exact) mass is 396 g/mol. The van der Waals surface area contributed by atoms with Gasteiger partial charge in [0.05, 0.1) is 23.4 Å². The molecular weight excluding hydrogens is 376 g/mol. The summed E-state index contributed by atoms with van der Waals surface area (Å²) >= 11 is 6.27. The zero-order chi connectivity index (χ0) is 20.1. The van der Waals surface area contributed by atoms with Crippen LogP contribution in [0.5, 0.6) is 0 Å². The third kappa shape index (κ3) is 4.78. The summed E-state index contributed by atoms with van der Waals surface area (Å²) in [6.45, 7) is 2.58. The van der Waals surface area contributed by atoms with Crippen LogP contribution >= 0.6 is 11.6 Å². The molecule has 0 unspecified atom stereocenters. The van der Waals surface area contributed by atoms with Crippen molar-refractivity contribution in [2.75, 3.05) is 24.4 Å². The summed E-state index contributed by atoms with van der Waals surface area (Å²) in [7, 11) is 3.28. The lowest BCUT2D eigenvalue weighted by Crippen LogP contribution is -2.19. The first-order valence-corrected chi connectivity index (χ1v) is 9.09. The van der Waals surface area contributed by atoms with Gasteiger partial charge in [0, 0.05) is 25.4 Å². The van der Waals surface area contributed by atoms with Crippen LogP contribution in [0.3, 0.4) is 0 Å². The Balaban J connectivity index is 1.85. The van der Waals surface area contributed by atoms with Crippen molar-refractivity contribution in [2.24, 2.45) is 0 Å². The average Bonchev–Trinajstić information content (AvgIpc) is 2.69. The molecule has 0 aliphatic carbocycles. The molecule has 7 heteroatoms. The first-order chi connectivity index (χ1) is 13.5. The second kappa shape index (κ2) is 8.71. The van der Waals surface area contributed by atoms with Crippen LogP contribution in [0.1, 0.15) is 21.6 Å². The quantitative estimate of drug-likeness (QED) is 0.614.